The van der Waals surface area contributed by atoms with Crippen LogP contribution in [0.2, 0.25) is 0 Å². The summed E-state index contributed by atoms with van der Waals surface area (Å²) in [5, 5.41) is 11.8. The van der Waals surface area contributed by atoms with Gasteiger partial charge in [-0.25, -0.2) is 0 Å². The van der Waals surface area contributed by atoms with Crippen molar-refractivity contribution in [3.63, 3.8) is 0 Å². The Kier molecular flexibility index (Phi) is 6.40. The zero-order valence-electron chi connectivity index (χ0n) is 13.3. The van der Waals surface area contributed by atoms with E-state index in [0.717, 1.165) is 17.5 Å². The molecule has 1 amide bonds. The number of hydrogen-bond donors (Lipinski definition) is 2. The number of carbonyl (C=O) groups is 2. The van der Waals surface area contributed by atoms with Crippen molar-refractivity contribution in [3.8, 4) is 0 Å². The number of amides is 1. The SMILES string of the molecule is Cc1ccc(C)c(C(=O)NCC(CC(=O)O)CC(C)C)c1. The maximum Gasteiger partial charge on any atom is 0.303 e. The molecule has 0 saturated carbocycles. The Balaban J connectivity index is 2.68. The zero-order valence-corrected chi connectivity index (χ0v) is 13.3. The van der Waals surface area contributed by atoms with Gasteiger partial charge in [0.15, 0.2) is 0 Å². The van der Waals surface area contributed by atoms with E-state index >= 15 is 0 Å². The number of carboxylic acids is 1. The van der Waals surface area contributed by atoms with Crippen molar-refractivity contribution in [1.29, 1.82) is 0 Å². The second kappa shape index (κ2) is 7.81. The molecule has 1 aromatic rings. The Morgan fingerprint density at radius 2 is 1.90 bits per heavy atom. The molecule has 4 heteroatoms. The second-order valence-corrected chi connectivity index (χ2v) is 6.12. The third-order valence-electron chi connectivity index (χ3n) is 3.46. The summed E-state index contributed by atoms with van der Waals surface area (Å²) in [5.41, 5.74) is 2.63. The van der Waals surface area contributed by atoms with Gasteiger partial charge in [0, 0.05) is 18.5 Å². The first kappa shape index (κ1) is 17.2. The molecule has 0 aliphatic carbocycles. The van der Waals surface area contributed by atoms with Crippen LogP contribution in [0.3, 0.4) is 0 Å². The van der Waals surface area contributed by atoms with Crippen molar-refractivity contribution in [1.82, 2.24) is 5.32 Å². The summed E-state index contributed by atoms with van der Waals surface area (Å²) in [6.07, 6.45) is 0.880. The molecule has 4 nitrogen and oxygen atoms in total. The normalized spacial score (nSPS) is 12.2. The number of carbonyl (C=O) groups excluding carboxylic acids is 1. The first-order valence-corrected chi connectivity index (χ1v) is 7.36. The summed E-state index contributed by atoms with van der Waals surface area (Å²) >= 11 is 0. The highest BCUT2D eigenvalue weighted by molar-refractivity contribution is 5.95. The van der Waals surface area contributed by atoms with Gasteiger partial charge in [0.2, 0.25) is 0 Å². The molecule has 0 spiro atoms. The van der Waals surface area contributed by atoms with Crippen molar-refractivity contribution < 1.29 is 14.7 Å². The van der Waals surface area contributed by atoms with Crippen LogP contribution in [0.15, 0.2) is 18.2 Å². The average Bonchev–Trinajstić information content (AvgIpc) is 2.37. The lowest BCUT2D eigenvalue weighted by atomic mass is 9.94. The maximum absolute atomic E-state index is 12.2. The van der Waals surface area contributed by atoms with Gasteiger partial charge in [-0.15, -0.1) is 0 Å². The largest absolute Gasteiger partial charge is 0.481 e. The van der Waals surface area contributed by atoms with E-state index in [1.54, 1.807) is 0 Å². The molecule has 0 aromatic heterocycles. The molecular weight excluding hydrogens is 266 g/mol. The van der Waals surface area contributed by atoms with E-state index in [1.165, 1.54) is 0 Å². The summed E-state index contributed by atoms with van der Waals surface area (Å²) in [6, 6.07) is 5.75. The minimum absolute atomic E-state index is 0.0310. The van der Waals surface area contributed by atoms with Crippen LogP contribution in [-0.2, 0) is 4.79 Å². The van der Waals surface area contributed by atoms with E-state index in [1.807, 2.05) is 32.0 Å². The van der Waals surface area contributed by atoms with Crippen LogP contribution < -0.4 is 5.32 Å². The lowest BCUT2D eigenvalue weighted by Crippen LogP contribution is -2.31. The van der Waals surface area contributed by atoms with Gasteiger partial charge in [0.05, 0.1) is 0 Å². The molecule has 0 radical (unpaired) electrons. The van der Waals surface area contributed by atoms with Crippen LogP contribution in [-0.4, -0.2) is 23.5 Å². The molecule has 21 heavy (non-hydrogen) atoms. The van der Waals surface area contributed by atoms with Gasteiger partial charge in [0.25, 0.3) is 5.91 Å². The fourth-order valence-electron chi connectivity index (χ4n) is 2.47. The predicted molar refractivity (Wildman–Crippen MR) is 83.4 cm³/mol. The van der Waals surface area contributed by atoms with Crippen molar-refractivity contribution in [2.24, 2.45) is 11.8 Å². The van der Waals surface area contributed by atoms with E-state index in [0.29, 0.717) is 18.0 Å². The highest BCUT2D eigenvalue weighted by Crippen LogP contribution is 2.16. The van der Waals surface area contributed by atoms with Crippen LogP contribution >= 0.6 is 0 Å². The van der Waals surface area contributed by atoms with Gasteiger partial charge >= 0.3 is 5.97 Å². The van der Waals surface area contributed by atoms with Gasteiger partial charge < -0.3 is 10.4 Å². The molecule has 0 bridgehead atoms. The van der Waals surface area contributed by atoms with Gasteiger partial charge in [-0.3, -0.25) is 9.59 Å². The van der Waals surface area contributed by atoms with E-state index in [2.05, 4.69) is 19.2 Å². The molecule has 1 atom stereocenters. The zero-order chi connectivity index (χ0) is 16.0. The molecule has 0 aliphatic rings. The third kappa shape index (κ3) is 5.98. The Bertz CT molecular complexity index is 509. The Hall–Kier alpha value is -1.84. The average molecular weight is 291 g/mol. The van der Waals surface area contributed by atoms with Crippen LogP contribution in [0.4, 0.5) is 0 Å². The van der Waals surface area contributed by atoms with Gasteiger partial charge in [-0.05, 0) is 43.7 Å². The van der Waals surface area contributed by atoms with Crippen LogP contribution in [0, 0.1) is 25.7 Å². The fourth-order valence-corrected chi connectivity index (χ4v) is 2.47. The summed E-state index contributed by atoms with van der Waals surface area (Å²) < 4.78 is 0. The summed E-state index contributed by atoms with van der Waals surface area (Å²) in [4.78, 5) is 23.1. The van der Waals surface area contributed by atoms with Gasteiger partial charge in [-0.2, -0.15) is 0 Å². The minimum Gasteiger partial charge on any atom is -0.481 e. The van der Waals surface area contributed by atoms with Crippen LogP contribution in [0.5, 0.6) is 0 Å². The number of benzene rings is 1. The van der Waals surface area contributed by atoms with E-state index in [9.17, 15) is 9.59 Å². The molecule has 2 N–H and O–H groups in total. The molecule has 1 rings (SSSR count). The summed E-state index contributed by atoms with van der Waals surface area (Å²) in [5.74, 6) is -0.569. The molecule has 1 aromatic carbocycles. The third-order valence-corrected chi connectivity index (χ3v) is 3.46. The predicted octanol–water partition coefficient (Wildman–Crippen LogP) is 3.17. The topological polar surface area (TPSA) is 66.4 Å². The van der Waals surface area contributed by atoms with E-state index in [-0.39, 0.29) is 18.2 Å². The number of nitrogens with one attached hydrogen (secondary N) is 1. The lowest BCUT2D eigenvalue weighted by Gasteiger charge is -2.18. The number of hydrogen-bond acceptors (Lipinski definition) is 2. The summed E-state index contributed by atoms with van der Waals surface area (Å²) in [7, 11) is 0. The van der Waals surface area contributed by atoms with Gasteiger partial charge in [-0.1, -0.05) is 31.5 Å². The molecule has 1 unspecified atom stereocenters. The lowest BCUT2D eigenvalue weighted by molar-refractivity contribution is -0.138. The second-order valence-electron chi connectivity index (χ2n) is 6.12. The smallest absolute Gasteiger partial charge is 0.303 e. The highest BCUT2D eigenvalue weighted by atomic mass is 16.4. The molecule has 0 heterocycles. The molecule has 0 saturated heterocycles. The summed E-state index contributed by atoms with van der Waals surface area (Å²) in [6.45, 7) is 8.36. The fraction of sp³-hybridized carbons (Fsp3) is 0.529. The highest BCUT2D eigenvalue weighted by Gasteiger charge is 2.17. The minimum atomic E-state index is -0.818. The maximum atomic E-state index is 12.2. The standard InChI is InChI=1S/C17H25NO3/c1-11(2)7-14(9-16(19)20)10-18-17(21)15-8-12(3)5-6-13(15)4/h5-6,8,11,14H,7,9-10H2,1-4H3,(H,18,21)(H,19,20). The van der Waals surface area contributed by atoms with Crippen molar-refractivity contribution in [2.45, 2.75) is 40.5 Å². The number of aliphatic carboxylic acids is 1. The Morgan fingerprint density at radius 1 is 1.24 bits per heavy atom. The number of carboxylic acid groups (broad SMARTS) is 1. The quantitative estimate of drug-likeness (QED) is 0.811. The van der Waals surface area contributed by atoms with E-state index in [4.69, 9.17) is 5.11 Å². The Labute approximate surface area is 126 Å². The molecule has 0 aliphatic heterocycles. The van der Waals surface area contributed by atoms with Crippen LogP contribution in [0.25, 0.3) is 0 Å². The van der Waals surface area contributed by atoms with Gasteiger partial charge in [0.1, 0.15) is 0 Å². The van der Waals surface area contributed by atoms with E-state index < -0.39 is 5.97 Å². The Morgan fingerprint density at radius 3 is 2.48 bits per heavy atom. The van der Waals surface area contributed by atoms with Crippen LogP contribution in [0.1, 0.15) is 48.2 Å². The first-order chi connectivity index (χ1) is 9.79. The number of rotatable bonds is 7. The van der Waals surface area contributed by atoms with Crippen molar-refractivity contribution in [3.05, 3.63) is 34.9 Å². The first-order valence-electron chi connectivity index (χ1n) is 7.36. The molecule has 0 fully saturated rings. The van der Waals surface area contributed by atoms with Crippen molar-refractivity contribution >= 4 is 11.9 Å². The monoisotopic (exact) mass is 291 g/mol. The molecule has 116 valence electrons. The van der Waals surface area contributed by atoms with Crippen molar-refractivity contribution in [2.75, 3.05) is 6.54 Å². The number of aryl methyl sites for hydroxylation is 2. The molecular formula is C17H25NO3.